The first-order valence-electron chi connectivity index (χ1n) is 7.27. The van der Waals surface area contributed by atoms with E-state index in [9.17, 15) is 13.6 Å². The van der Waals surface area contributed by atoms with Gasteiger partial charge in [-0.1, -0.05) is 0 Å². The highest BCUT2D eigenvalue weighted by Crippen LogP contribution is 2.27. The first-order chi connectivity index (χ1) is 9.97. The maximum atomic E-state index is 13.4. The number of halogens is 2. The van der Waals surface area contributed by atoms with E-state index in [2.05, 4.69) is 4.90 Å². The molecule has 0 radical (unpaired) electrons. The third kappa shape index (κ3) is 2.48. The summed E-state index contributed by atoms with van der Waals surface area (Å²) in [5.74, 6) is -2.39. The largest absolute Gasteiger partial charge is 0.398 e. The summed E-state index contributed by atoms with van der Waals surface area (Å²) < 4.78 is 26.5. The van der Waals surface area contributed by atoms with Gasteiger partial charge in [-0.2, -0.15) is 0 Å². The highest BCUT2D eigenvalue weighted by atomic mass is 19.2. The zero-order valence-corrected chi connectivity index (χ0v) is 12.0. The van der Waals surface area contributed by atoms with Crippen LogP contribution in [-0.2, 0) is 0 Å². The Morgan fingerprint density at radius 1 is 1.29 bits per heavy atom. The van der Waals surface area contributed by atoms with E-state index in [1.807, 2.05) is 6.92 Å². The summed E-state index contributed by atoms with van der Waals surface area (Å²) in [5, 5.41) is 0. The number of rotatable bonds is 1. The van der Waals surface area contributed by atoms with Crippen LogP contribution in [0.5, 0.6) is 0 Å². The minimum atomic E-state index is -1.04. The van der Waals surface area contributed by atoms with E-state index in [-0.39, 0.29) is 23.2 Å². The van der Waals surface area contributed by atoms with Gasteiger partial charge in [0.15, 0.2) is 11.6 Å². The molecule has 2 fully saturated rings. The molecule has 2 aliphatic heterocycles. The van der Waals surface area contributed by atoms with Crippen LogP contribution in [0, 0.1) is 11.6 Å². The van der Waals surface area contributed by atoms with E-state index in [0.717, 1.165) is 38.1 Å². The van der Waals surface area contributed by atoms with Gasteiger partial charge < -0.3 is 10.6 Å². The van der Waals surface area contributed by atoms with Crippen LogP contribution >= 0.6 is 0 Å². The van der Waals surface area contributed by atoms with Gasteiger partial charge in [0.25, 0.3) is 5.91 Å². The van der Waals surface area contributed by atoms with Crippen LogP contribution < -0.4 is 5.73 Å². The van der Waals surface area contributed by atoms with Crippen molar-refractivity contribution in [2.45, 2.75) is 31.8 Å². The van der Waals surface area contributed by atoms with Gasteiger partial charge in [-0.15, -0.1) is 0 Å². The Labute approximate surface area is 122 Å². The zero-order chi connectivity index (χ0) is 15.1. The molecule has 2 atom stereocenters. The molecule has 1 aromatic rings. The lowest BCUT2D eigenvalue weighted by atomic mass is 10.0. The molecule has 2 N–H and O–H groups in total. The third-order valence-corrected chi connectivity index (χ3v) is 4.52. The van der Waals surface area contributed by atoms with Crippen LogP contribution in [0.1, 0.15) is 30.1 Å². The molecule has 2 aliphatic rings. The van der Waals surface area contributed by atoms with Crippen molar-refractivity contribution in [3.05, 3.63) is 29.3 Å². The fourth-order valence-corrected chi connectivity index (χ4v) is 3.37. The summed E-state index contributed by atoms with van der Waals surface area (Å²) in [7, 11) is 0. The van der Waals surface area contributed by atoms with Gasteiger partial charge in [-0.05, 0) is 32.4 Å². The molecule has 0 spiro atoms. The summed E-state index contributed by atoms with van der Waals surface area (Å²) in [6.07, 6.45) is 2.22. The Kier molecular flexibility index (Phi) is 3.57. The van der Waals surface area contributed by atoms with Gasteiger partial charge in [-0.25, -0.2) is 8.78 Å². The number of hydrogen-bond donors (Lipinski definition) is 1. The van der Waals surface area contributed by atoms with Crippen molar-refractivity contribution in [1.29, 1.82) is 0 Å². The van der Waals surface area contributed by atoms with Crippen LogP contribution in [0.4, 0.5) is 14.5 Å². The molecule has 2 unspecified atom stereocenters. The monoisotopic (exact) mass is 295 g/mol. The number of nitrogens with zero attached hydrogens (tertiary/aromatic N) is 2. The molecule has 0 aliphatic carbocycles. The normalized spacial score (nSPS) is 26.0. The van der Waals surface area contributed by atoms with Crippen molar-refractivity contribution in [2.75, 3.05) is 25.4 Å². The summed E-state index contributed by atoms with van der Waals surface area (Å²) >= 11 is 0. The van der Waals surface area contributed by atoms with E-state index >= 15 is 0 Å². The SMILES string of the molecule is CC1CN2CCCC2CN1C(=O)c1cc(F)c(F)cc1N. The predicted molar refractivity (Wildman–Crippen MR) is 75.9 cm³/mol. The van der Waals surface area contributed by atoms with Crippen molar-refractivity contribution in [2.24, 2.45) is 0 Å². The van der Waals surface area contributed by atoms with Gasteiger partial charge in [0.1, 0.15) is 0 Å². The highest BCUT2D eigenvalue weighted by molar-refractivity contribution is 5.99. The Balaban J connectivity index is 1.86. The molecule has 1 amide bonds. The number of fused-ring (bicyclic) bond motifs is 1. The molecular weight excluding hydrogens is 276 g/mol. The smallest absolute Gasteiger partial charge is 0.256 e. The molecule has 21 heavy (non-hydrogen) atoms. The molecule has 6 heteroatoms. The first-order valence-corrected chi connectivity index (χ1v) is 7.27. The molecule has 0 saturated carbocycles. The minimum Gasteiger partial charge on any atom is -0.398 e. The number of piperazine rings is 1. The maximum absolute atomic E-state index is 13.4. The fourth-order valence-electron chi connectivity index (χ4n) is 3.37. The van der Waals surface area contributed by atoms with Gasteiger partial charge in [-0.3, -0.25) is 9.69 Å². The van der Waals surface area contributed by atoms with Gasteiger partial charge >= 0.3 is 0 Å². The van der Waals surface area contributed by atoms with Crippen LogP contribution in [0.3, 0.4) is 0 Å². The van der Waals surface area contributed by atoms with Gasteiger partial charge in [0, 0.05) is 36.9 Å². The lowest BCUT2D eigenvalue weighted by Gasteiger charge is -2.42. The topological polar surface area (TPSA) is 49.6 Å². The molecular formula is C15H19F2N3O. The molecule has 1 aromatic carbocycles. The number of amides is 1. The fraction of sp³-hybridized carbons (Fsp3) is 0.533. The summed E-state index contributed by atoms with van der Waals surface area (Å²) in [5.41, 5.74) is 5.72. The van der Waals surface area contributed by atoms with Gasteiger partial charge in [0.2, 0.25) is 0 Å². The number of benzene rings is 1. The van der Waals surface area contributed by atoms with Gasteiger partial charge in [0.05, 0.1) is 5.56 Å². The van der Waals surface area contributed by atoms with Crippen LogP contribution in [-0.4, -0.2) is 47.4 Å². The van der Waals surface area contributed by atoms with Crippen LogP contribution in [0.15, 0.2) is 12.1 Å². The molecule has 114 valence electrons. The number of hydrogen-bond acceptors (Lipinski definition) is 3. The standard InChI is InChI=1S/C15H19F2N3O/c1-9-7-19-4-2-3-10(19)8-20(9)15(21)11-5-12(16)13(17)6-14(11)18/h5-6,9-10H,2-4,7-8,18H2,1H3. The second-order valence-electron chi connectivity index (χ2n) is 5.95. The Bertz CT molecular complexity index is 578. The molecule has 0 bridgehead atoms. The average Bonchev–Trinajstić information content (AvgIpc) is 2.88. The summed E-state index contributed by atoms with van der Waals surface area (Å²) in [6.45, 7) is 4.49. The number of nitrogens with two attached hydrogens (primary N) is 1. The van der Waals surface area contributed by atoms with E-state index in [1.54, 1.807) is 4.90 Å². The number of carbonyl (C=O) groups excluding carboxylic acids is 1. The van der Waals surface area contributed by atoms with Crippen molar-refractivity contribution in [3.63, 3.8) is 0 Å². The average molecular weight is 295 g/mol. The first kappa shape index (κ1) is 14.3. The lowest BCUT2D eigenvalue weighted by molar-refractivity contribution is 0.0396. The van der Waals surface area contributed by atoms with E-state index in [0.29, 0.717) is 12.6 Å². The second kappa shape index (κ2) is 5.26. The second-order valence-corrected chi connectivity index (χ2v) is 5.95. The molecule has 4 nitrogen and oxygen atoms in total. The molecule has 0 aromatic heterocycles. The Hall–Kier alpha value is -1.69. The lowest BCUT2D eigenvalue weighted by Crippen LogP contribution is -2.56. The quantitative estimate of drug-likeness (QED) is 0.805. The maximum Gasteiger partial charge on any atom is 0.256 e. The number of anilines is 1. The number of carbonyl (C=O) groups is 1. The molecule has 3 rings (SSSR count). The van der Waals surface area contributed by atoms with Crippen LogP contribution in [0.25, 0.3) is 0 Å². The van der Waals surface area contributed by atoms with E-state index in [1.165, 1.54) is 0 Å². The summed E-state index contributed by atoms with van der Waals surface area (Å²) in [4.78, 5) is 16.7. The minimum absolute atomic E-state index is 0.0139. The highest BCUT2D eigenvalue weighted by Gasteiger charge is 2.37. The molecule has 2 heterocycles. The Morgan fingerprint density at radius 3 is 2.76 bits per heavy atom. The van der Waals surface area contributed by atoms with Crippen molar-refractivity contribution in [3.8, 4) is 0 Å². The third-order valence-electron chi connectivity index (χ3n) is 4.52. The number of nitrogen functional groups attached to an aromatic ring is 1. The summed E-state index contributed by atoms with van der Waals surface area (Å²) in [6, 6.07) is 2.19. The van der Waals surface area contributed by atoms with Crippen molar-refractivity contribution < 1.29 is 13.6 Å². The zero-order valence-electron chi connectivity index (χ0n) is 12.0. The predicted octanol–water partition coefficient (Wildman–Crippen LogP) is 1.86. The van der Waals surface area contributed by atoms with Crippen molar-refractivity contribution >= 4 is 11.6 Å². The van der Waals surface area contributed by atoms with Crippen molar-refractivity contribution in [1.82, 2.24) is 9.80 Å². The molecule has 2 saturated heterocycles. The van der Waals surface area contributed by atoms with E-state index in [4.69, 9.17) is 5.73 Å². The Morgan fingerprint density at radius 2 is 2.00 bits per heavy atom. The van der Waals surface area contributed by atoms with Crippen LogP contribution in [0.2, 0.25) is 0 Å². The van der Waals surface area contributed by atoms with E-state index < -0.39 is 11.6 Å².